The number of rotatable bonds is 5. The number of hydrogen-bond acceptors (Lipinski definition) is 2. The molecule has 0 saturated carbocycles. The van der Waals surface area contributed by atoms with Crippen molar-refractivity contribution in [1.82, 2.24) is 0 Å². The molecule has 1 unspecified atom stereocenters. The van der Waals surface area contributed by atoms with E-state index in [1.165, 1.54) is 0 Å². The number of ketones is 1. The molecule has 0 heterocycles. The third-order valence-electron chi connectivity index (χ3n) is 2.78. The quantitative estimate of drug-likeness (QED) is 0.740. The molecule has 0 aliphatic heterocycles. The normalized spacial score (nSPS) is 14.6. The largest absolute Gasteiger partial charge is 0.380 e. The Hall–Kier alpha value is -1.15. The van der Waals surface area contributed by atoms with Crippen LogP contribution < -0.4 is 0 Å². The minimum absolute atomic E-state index is 0.141. The highest BCUT2D eigenvalue weighted by molar-refractivity contribution is 5.87. The summed E-state index contributed by atoms with van der Waals surface area (Å²) in [5.41, 5.74) is 0.503. The Bertz CT molecular complexity index is 319. The van der Waals surface area contributed by atoms with Gasteiger partial charge in [-0.05, 0) is 26.3 Å². The van der Waals surface area contributed by atoms with Gasteiger partial charge in [0.25, 0.3) is 0 Å². The summed E-state index contributed by atoms with van der Waals surface area (Å²) in [6, 6.07) is 9.79. The van der Waals surface area contributed by atoms with E-state index in [0.29, 0.717) is 13.2 Å². The highest BCUT2D eigenvalue weighted by Crippen LogP contribution is 2.25. The summed E-state index contributed by atoms with van der Waals surface area (Å²) >= 11 is 0. The van der Waals surface area contributed by atoms with Crippen molar-refractivity contribution in [3.8, 4) is 0 Å². The van der Waals surface area contributed by atoms with E-state index < -0.39 is 5.41 Å². The van der Waals surface area contributed by atoms with Crippen molar-refractivity contribution < 1.29 is 9.53 Å². The van der Waals surface area contributed by atoms with Gasteiger partial charge in [0.05, 0.1) is 12.0 Å². The molecule has 2 nitrogen and oxygen atoms in total. The van der Waals surface area contributed by atoms with E-state index in [4.69, 9.17) is 4.74 Å². The molecule has 0 radical (unpaired) electrons. The second-order valence-electron chi connectivity index (χ2n) is 3.89. The minimum atomic E-state index is -0.517. The van der Waals surface area contributed by atoms with Crippen LogP contribution in [0.1, 0.15) is 26.3 Å². The average Bonchev–Trinajstić information content (AvgIpc) is 2.27. The average molecular weight is 206 g/mol. The molecule has 15 heavy (non-hydrogen) atoms. The molecule has 1 aromatic rings. The predicted molar refractivity (Wildman–Crippen MR) is 61.0 cm³/mol. The van der Waals surface area contributed by atoms with Crippen LogP contribution in [0.5, 0.6) is 0 Å². The SMILES string of the molecule is CCOCC(C)(C(C)=O)c1ccccc1. The molecule has 2 heteroatoms. The number of carbonyl (C=O) groups is 1. The molecular formula is C13H18O2. The summed E-state index contributed by atoms with van der Waals surface area (Å²) in [6.07, 6.45) is 0. The molecule has 0 bridgehead atoms. The van der Waals surface area contributed by atoms with Crippen molar-refractivity contribution in [1.29, 1.82) is 0 Å². The van der Waals surface area contributed by atoms with E-state index in [0.717, 1.165) is 5.56 Å². The summed E-state index contributed by atoms with van der Waals surface area (Å²) in [5, 5.41) is 0. The topological polar surface area (TPSA) is 26.3 Å². The van der Waals surface area contributed by atoms with Gasteiger partial charge < -0.3 is 4.74 Å². The maximum absolute atomic E-state index is 11.7. The first-order valence-corrected chi connectivity index (χ1v) is 5.25. The third-order valence-corrected chi connectivity index (χ3v) is 2.78. The molecular weight excluding hydrogens is 188 g/mol. The number of Topliss-reactive ketones (excluding diaryl/α,β-unsaturated/α-hetero) is 1. The second kappa shape index (κ2) is 5.08. The minimum Gasteiger partial charge on any atom is -0.380 e. The van der Waals surface area contributed by atoms with Crippen LogP contribution in [0.2, 0.25) is 0 Å². The monoisotopic (exact) mass is 206 g/mol. The van der Waals surface area contributed by atoms with E-state index in [9.17, 15) is 4.79 Å². The number of carbonyl (C=O) groups excluding carboxylic acids is 1. The fraction of sp³-hybridized carbons (Fsp3) is 0.462. The van der Waals surface area contributed by atoms with Crippen molar-refractivity contribution in [2.45, 2.75) is 26.2 Å². The van der Waals surface area contributed by atoms with Gasteiger partial charge in [-0.2, -0.15) is 0 Å². The van der Waals surface area contributed by atoms with Crippen molar-refractivity contribution in [2.75, 3.05) is 13.2 Å². The van der Waals surface area contributed by atoms with Crippen LogP contribution in [0.25, 0.3) is 0 Å². The van der Waals surface area contributed by atoms with Crippen molar-refractivity contribution in [3.63, 3.8) is 0 Å². The fourth-order valence-corrected chi connectivity index (χ4v) is 1.50. The molecule has 0 fully saturated rings. The van der Waals surface area contributed by atoms with Gasteiger partial charge >= 0.3 is 0 Å². The predicted octanol–water partition coefficient (Wildman–Crippen LogP) is 2.57. The van der Waals surface area contributed by atoms with Crippen LogP contribution in [0.4, 0.5) is 0 Å². The van der Waals surface area contributed by atoms with Gasteiger partial charge in [-0.3, -0.25) is 4.79 Å². The van der Waals surface area contributed by atoms with Gasteiger partial charge in [0, 0.05) is 6.61 Å². The molecule has 0 N–H and O–H groups in total. The third kappa shape index (κ3) is 2.66. The second-order valence-corrected chi connectivity index (χ2v) is 3.89. The summed E-state index contributed by atoms with van der Waals surface area (Å²) in [6.45, 7) is 6.57. The molecule has 1 aromatic carbocycles. The number of hydrogen-bond donors (Lipinski definition) is 0. The van der Waals surface area contributed by atoms with Crippen molar-refractivity contribution >= 4 is 5.78 Å². The smallest absolute Gasteiger partial charge is 0.142 e. The van der Waals surface area contributed by atoms with Crippen LogP contribution in [-0.4, -0.2) is 19.0 Å². The summed E-state index contributed by atoms with van der Waals surface area (Å²) in [7, 11) is 0. The Morgan fingerprint density at radius 2 is 1.93 bits per heavy atom. The van der Waals surface area contributed by atoms with Crippen molar-refractivity contribution in [3.05, 3.63) is 35.9 Å². The number of benzene rings is 1. The Morgan fingerprint density at radius 1 is 1.33 bits per heavy atom. The maximum Gasteiger partial charge on any atom is 0.142 e. The molecule has 1 rings (SSSR count). The van der Waals surface area contributed by atoms with E-state index in [2.05, 4.69) is 0 Å². The van der Waals surface area contributed by atoms with Crippen molar-refractivity contribution in [2.24, 2.45) is 0 Å². The van der Waals surface area contributed by atoms with E-state index in [1.54, 1.807) is 6.92 Å². The molecule has 0 amide bonds. The first-order valence-electron chi connectivity index (χ1n) is 5.25. The lowest BCUT2D eigenvalue weighted by Gasteiger charge is -2.26. The van der Waals surface area contributed by atoms with Crippen LogP contribution in [0, 0.1) is 0 Å². The van der Waals surface area contributed by atoms with E-state index >= 15 is 0 Å². The fourth-order valence-electron chi connectivity index (χ4n) is 1.50. The van der Waals surface area contributed by atoms with Crippen LogP contribution in [0.3, 0.4) is 0 Å². The van der Waals surface area contributed by atoms with Gasteiger partial charge in [-0.15, -0.1) is 0 Å². The van der Waals surface area contributed by atoms with E-state index in [1.807, 2.05) is 44.2 Å². The molecule has 0 aliphatic rings. The molecule has 0 aromatic heterocycles. The maximum atomic E-state index is 11.7. The molecule has 0 saturated heterocycles. The Kier molecular flexibility index (Phi) is 4.04. The Balaban J connectivity index is 2.96. The van der Waals surface area contributed by atoms with Crippen LogP contribution in [-0.2, 0) is 14.9 Å². The summed E-state index contributed by atoms with van der Waals surface area (Å²) in [4.78, 5) is 11.7. The molecule has 82 valence electrons. The van der Waals surface area contributed by atoms with Crippen LogP contribution in [0.15, 0.2) is 30.3 Å². The molecule has 0 spiro atoms. The molecule has 1 atom stereocenters. The lowest BCUT2D eigenvalue weighted by Crippen LogP contribution is -2.35. The van der Waals surface area contributed by atoms with Gasteiger partial charge in [0.2, 0.25) is 0 Å². The standard InChI is InChI=1S/C13H18O2/c1-4-15-10-13(3,11(2)14)12-8-6-5-7-9-12/h5-9H,4,10H2,1-3H3. The van der Waals surface area contributed by atoms with Gasteiger partial charge in [-0.25, -0.2) is 0 Å². The van der Waals surface area contributed by atoms with Crippen LogP contribution >= 0.6 is 0 Å². The lowest BCUT2D eigenvalue weighted by molar-refractivity contribution is -0.124. The highest BCUT2D eigenvalue weighted by atomic mass is 16.5. The molecule has 0 aliphatic carbocycles. The Morgan fingerprint density at radius 3 is 2.40 bits per heavy atom. The zero-order chi connectivity index (χ0) is 11.3. The lowest BCUT2D eigenvalue weighted by atomic mass is 9.80. The van der Waals surface area contributed by atoms with Gasteiger partial charge in [0.15, 0.2) is 0 Å². The summed E-state index contributed by atoms with van der Waals surface area (Å²) < 4.78 is 5.39. The Labute approximate surface area is 91.3 Å². The van der Waals surface area contributed by atoms with Gasteiger partial charge in [-0.1, -0.05) is 30.3 Å². The summed E-state index contributed by atoms with van der Waals surface area (Å²) in [5.74, 6) is 0.141. The number of ether oxygens (including phenoxy) is 1. The van der Waals surface area contributed by atoms with Gasteiger partial charge in [0.1, 0.15) is 5.78 Å². The first kappa shape index (κ1) is 11.9. The van der Waals surface area contributed by atoms with E-state index in [-0.39, 0.29) is 5.78 Å². The highest BCUT2D eigenvalue weighted by Gasteiger charge is 2.31. The zero-order valence-corrected chi connectivity index (χ0v) is 9.62. The zero-order valence-electron chi connectivity index (χ0n) is 9.62. The first-order chi connectivity index (χ1) is 7.11.